The molecule has 0 spiro atoms. The summed E-state index contributed by atoms with van der Waals surface area (Å²) in [5.74, 6) is 0.344. The number of nitrogens with zero attached hydrogens (tertiary/aromatic N) is 1. The van der Waals surface area contributed by atoms with E-state index in [1.807, 2.05) is 4.90 Å². The number of aldehydes is 1. The minimum absolute atomic E-state index is 0.103. The molecule has 25 heavy (non-hydrogen) atoms. The maximum Gasteiger partial charge on any atom is 0.225 e. The second-order valence-corrected chi connectivity index (χ2v) is 8.47. The molecule has 3 rings (SSSR count). The van der Waals surface area contributed by atoms with Crippen LogP contribution in [0.2, 0.25) is 0 Å². The number of rotatable bonds is 7. The molecule has 3 aliphatic rings. The number of halogens is 1. The number of nitrogens with one attached hydrogen (secondary N) is 3. The first-order chi connectivity index (χ1) is 12.1. The molecule has 2 fully saturated rings. The van der Waals surface area contributed by atoms with Crippen molar-refractivity contribution < 1.29 is 18.2 Å². The highest BCUT2D eigenvalue weighted by molar-refractivity contribution is 8.31. The van der Waals surface area contributed by atoms with E-state index in [9.17, 15) is 13.5 Å². The van der Waals surface area contributed by atoms with Crippen molar-refractivity contribution in [1.29, 1.82) is 0 Å². The second kappa shape index (κ2) is 8.20. The van der Waals surface area contributed by atoms with E-state index in [0.717, 1.165) is 25.8 Å². The zero-order valence-corrected chi connectivity index (χ0v) is 14.9. The molecular formula is C16H25FN4O3S. The van der Waals surface area contributed by atoms with Crippen molar-refractivity contribution in [3.05, 3.63) is 23.4 Å². The van der Waals surface area contributed by atoms with Crippen molar-refractivity contribution in [3.63, 3.8) is 0 Å². The van der Waals surface area contributed by atoms with Crippen molar-refractivity contribution in [2.45, 2.75) is 25.3 Å². The molecule has 3 N–H and O–H groups in total. The Morgan fingerprint density at radius 3 is 2.92 bits per heavy atom. The van der Waals surface area contributed by atoms with Crippen LogP contribution in [0.5, 0.6) is 0 Å². The molecular weight excluding hydrogens is 347 g/mol. The molecule has 3 aliphatic heterocycles. The van der Waals surface area contributed by atoms with Gasteiger partial charge in [0.2, 0.25) is 5.91 Å². The van der Waals surface area contributed by atoms with Crippen molar-refractivity contribution in [3.8, 4) is 0 Å². The Bertz CT molecular complexity index is 568. The van der Waals surface area contributed by atoms with Crippen molar-refractivity contribution in [2.24, 2.45) is 5.92 Å². The number of carbonyl (C=O) groups excluding carboxylic acids is 2. The van der Waals surface area contributed by atoms with Gasteiger partial charge in [-0.25, -0.2) is 4.72 Å². The summed E-state index contributed by atoms with van der Waals surface area (Å²) in [6.45, 7) is 3.14. The largest absolute Gasteiger partial charge is 0.387 e. The fourth-order valence-corrected chi connectivity index (χ4v) is 4.35. The van der Waals surface area contributed by atoms with Gasteiger partial charge in [-0.3, -0.25) is 9.59 Å². The van der Waals surface area contributed by atoms with E-state index in [1.54, 1.807) is 12.3 Å². The number of ether oxygens (including phenoxy) is 1. The zero-order valence-electron chi connectivity index (χ0n) is 14.1. The number of hydrogen-bond donors (Lipinski definition) is 3. The maximum atomic E-state index is 14.1. The van der Waals surface area contributed by atoms with Crippen LogP contribution in [-0.4, -0.2) is 56.0 Å². The molecule has 0 aliphatic carbocycles. The number of likely N-dealkylation sites (tertiary alicyclic amines) is 1. The van der Waals surface area contributed by atoms with Gasteiger partial charge in [0, 0.05) is 51.0 Å². The number of carbonyl (C=O) groups is 2. The van der Waals surface area contributed by atoms with E-state index in [4.69, 9.17) is 4.74 Å². The van der Waals surface area contributed by atoms with Gasteiger partial charge < -0.3 is 19.7 Å². The smallest absolute Gasteiger partial charge is 0.225 e. The van der Waals surface area contributed by atoms with Crippen LogP contribution in [0.3, 0.4) is 0 Å². The molecule has 0 aromatic carbocycles. The van der Waals surface area contributed by atoms with Crippen LogP contribution < -0.4 is 14.8 Å². The predicted octanol–water partition coefficient (Wildman–Crippen LogP) is 0.869. The Kier molecular flexibility index (Phi) is 5.98. The summed E-state index contributed by atoms with van der Waals surface area (Å²) in [5.41, 5.74) is 0. The van der Waals surface area contributed by atoms with Gasteiger partial charge in [-0.2, -0.15) is 0 Å². The Morgan fingerprint density at radius 2 is 2.24 bits per heavy atom. The molecule has 0 bridgehead atoms. The van der Waals surface area contributed by atoms with E-state index in [1.165, 1.54) is 6.20 Å². The van der Waals surface area contributed by atoms with E-state index < -0.39 is 10.8 Å². The Labute approximate surface area is 148 Å². The van der Waals surface area contributed by atoms with Gasteiger partial charge in [0.05, 0.1) is 10.8 Å². The summed E-state index contributed by atoms with van der Waals surface area (Å²) in [6, 6.07) is 0.221. The lowest BCUT2D eigenvalue weighted by Gasteiger charge is -2.37. The first kappa shape index (κ1) is 18.2. The lowest BCUT2D eigenvalue weighted by molar-refractivity contribution is -0.137. The number of hydrogen-bond acceptors (Lipinski definition) is 6. The second-order valence-electron chi connectivity index (χ2n) is 6.39. The van der Waals surface area contributed by atoms with Crippen molar-refractivity contribution >= 4 is 23.0 Å². The summed E-state index contributed by atoms with van der Waals surface area (Å²) in [4.78, 5) is 25.2. The normalized spacial score (nSPS) is 32.4. The predicted molar refractivity (Wildman–Crippen MR) is 94.8 cm³/mol. The minimum atomic E-state index is -2.81. The number of allylic oxidation sites excluding steroid dienone is 1. The highest BCUT2D eigenvalue weighted by atomic mass is 32.3. The molecule has 3 heterocycles. The van der Waals surface area contributed by atoms with Crippen LogP contribution in [0.15, 0.2) is 23.4 Å². The molecule has 0 aromatic heterocycles. The third-order valence-electron chi connectivity index (χ3n) is 4.72. The lowest BCUT2D eigenvalue weighted by Crippen LogP contribution is -2.39. The fraction of sp³-hybridized carbons (Fsp3) is 0.625. The first-order valence-corrected chi connectivity index (χ1v) is 10.1. The molecule has 0 aromatic rings. The summed E-state index contributed by atoms with van der Waals surface area (Å²) >= 11 is 0. The summed E-state index contributed by atoms with van der Waals surface area (Å²) < 4.78 is 24.6. The van der Waals surface area contributed by atoms with E-state index in [0.29, 0.717) is 32.6 Å². The van der Waals surface area contributed by atoms with E-state index in [2.05, 4.69) is 14.8 Å². The third-order valence-corrected chi connectivity index (χ3v) is 6.60. The average Bonchev–Trinajstić information content (AvgIpc) is 3.10. The molecule has 2 saturated heterocycles. The van der Waals surface area contributed by atoms with Crippen LogP contribution in [0, 0.1) is 5.92 Å². The average molecular weight is 372 g/mol. The monoisotopic (exact) mass is 372 g/mol. The van der Waals surface area contributed by atoms with Crippen LogP contribution in [-0.2, 0) is 14.3 Å². The first-order valence-electron chi connectivity index (χ1n) is 8.60. The molecule has 0 radical (unpaired) electrons. The number of amides is 1. The standard InChI is InChI=1S/C16H25FN4O3S/c17-25(15(12-22)10-20-25)19-6-1-5-18-14-2-7-21(11-14)16(23)13-3-8-24-9-4-13/h1,5,10,12-14,18-20H,2-4,6-9,11H2/b5-1-. The quantitative estimate of drug-likeness (QED) is 0.575. The molecule has 140 valence electrons. The van der Waals surface area contributed by atoms with E-state index >= 15 is 0 Å². The summed E-state index contributed by atoms with van der Waals surface area (Å²) in [7, 11) is -2.81. The van der Waals surface area contributed by atoms with Gasteiger partial charge >= 0.3 is 0 Å². The van der Waals surface area contributed by atoms with Gasteiger partial charge in [0.15, 0.2) is 6.29 Å². The highest BCUT2D eigenvalue weighted by Crippen LogP contribution is 2.53. The maximum absolute atomic E-state index is 14.1. The van der Waals surface area contributed by atoms with Gasteiger partial charge in [-0.15, -0.1) is 3.89 Å². The van der Waals surface area contributed by atoms with E-state index in [-0.39, 0.29) is 22.8 Å². The van der Waals surface area contributed by atoms with Crippen molar-refractivity contribution in [2.75, 3.05) is 32.8 Å². The van der Waals surface area contributed by atoms with Crippen LogP contribution in [0.1, 0.15) is 19.3 Å². The lowest BCUT2D eigenvalue weighted by atomic mass is 9.99. The third kappa shape index (κ3) is 4.34. The summed E-state index contributed by atoms with van der Waals surface area (Å²) in [6.07, 6.45) is 8.01. The van der Waals surface area contributed by atoms with Gasteiger partial charge in [-0.1, -0.05) is 6.08 Å². The minimum Gasteiger partial charge on any atom is -0.387 e. The SMILES string of the molecule is O=CC1=CNS1(F)NC/C=C\NC1CCN(C(=O)C2CCOCC2)C1. The van der Waals surface area contributed by atoms with Crippen molar-refractivity contribution in [1.82, 2.24) is 19.7 Å². The highest BCUT2D eigenvalue weighted by Gasteiger charge is 2.34. The zero-order chi connectivity index (χ0) is 17.7. The Balaban J connectivity index is 1.35. The molecule has 0 saturated carbocycles. The van der Waals surface area contributed by atoms with Gasteiger partial charge in [-0.05, 0) is 25.5 Å². The van der Waals surface area contributed by atoms with Gasteiger partial charge in [0.25, 0.3) is 0 Å². The molecule has 2 unspecified atom stereocenters. The summed E-state index contributed by atoms with van der Waals surface area (Å²) in [5, 5.41) is 3.26. The molecule has 7 nitrogen and oxygen atoms in total. The van der Waals surface area contributed by atoms with Gasteiger partial charge in [0.1, 0.15) is 4.91 Å². The van der Waals surface area contributed by atoms with Crippen LogP contribution in [0.25, 0.3) is 0 Å². The Morgan fingerprint density at radius 1 is 1.44 bits per heavy atom. The molecule has 1 amide bonds. The molecule has 9 heteroatoms. The van der Waals surface area contributed by atoms with Crippen LogP contribution in [0.4, 0.5) is 3.89 Å². The molecule has 2 atom stereocenters. The topological polar surface area (TPSA) is 82.7 Å². The van der Waals surface area contributed by atoms with Crippen LogP contribution >= 0.6 is 10.8 Å². The Hall–Kier alpha value is -1.58. The fourth-order valence-electron chi connectivity index (χ4n) is 3.18.